The fraction of sp³-hybridized carbons (Fsp3) is 0.250. The highest BCUT2D eigenvalue weighted by atomic mass is 32.2. The second-order valence-electron chi connectivity index (χ2n) is 5.51. The van der Waals surface area contributed by atoms with Crippen LogP contribution in [0, 0.1) is 6.92 Å². The third-order valence-electron chi connectivity index (χ3n) is 3.79. The van der Waals surface area contributed by atoms with Crippen LogP contribution in [0.4, 0.5) is 0 Å². The van der Waals surface area contributed by atoms with Gasteiger partial charge in [-0.15, -0.1) is 11.3 Å². The van der Waals surface area contributed by atoms with Gasteiger partial charge in [-0.25, -0.2) is 9.99 Å². The summed E-state index contributed by atoms with van der Waals surface area (Å²) in [6.45, 7) is 1.90. The Morgan fingerprint density at radius 1 is 1.48 bits per heavy atom. The van der Waals surface area contributed by atoms with Gasteiger partial charge in [0.25, 0.3) is 5.91 Å². The maximum atomic E-state index is 12.7. The first-order valence-corrected chi connectivity index (χ1v) is 9.55. The number of thiophene rings is 1. The molecule has 0 bridgehead atoms. The lowest BCUT2D eigenvalue weighted by atomic mass is 10.1. The SMILES string of the molecule is Cc1ccc(C2=NN(C(=O)CSc3ncn[nH]3)[C@@H](c3cccs3)C2)o1. The van der Waals surface area contributed by atoms with Crippen LogP contribution in [0.3, 0.4) is 0 Å². The van der Waals surface area contributed by atoms with Gasteiger partial charge in [0.2, 0.25) is 0 Å². The fourth-order valence-electron chi connectivity index (χ4n) is 2.64. The quantitative estimate of drug-likeness (QED) is 0.694. The molecule has 0 unspecified atom stereocenters. The Morgan fingerprint density at radius 2 is 2.40 bits per heavy atom. The molecule has 1 atom stereocenters. The highest BCUT2D eigenvalue weighted by Crippen LogP contribution is 2.35. The van der Waals surface area contributed by atoms with Gasteiger partial charge >= 0.3 is 0 Å². The summed E-state index contributed by atoms with van der Waals surface area (Å²) in [5.41, 5.74) is 0.796. The van der Waals surface area contributed by atoms with E-state index in [1.807, 2.05) is 36.6 Å². The van der Waals surface area contributed by atoms with E-state index >= 15 is 0 Å². The van der Waals surface area contributed by atoms with Gasteiger partial charge in [-0.2, -0.15) is 10.2 Å². The number of hydrogen-bond acceptors (Lipinski definition) is 7. The summed E-state index contributed by atoms with van der Waals surface area (Å²) in [6, 6.07) is 7.73. The van der Waals surface area contributed by atoms with E-state index in [2.05, 4.69) is 20.3 Å². The highest BCUT2D eigenvalue weighted by Gasteiger charge is 2.34. The lowest BCUT2D eigenvalue weighted by Crippen LogP contribution is -2.28. The van der Waals surface area contributed by atoms with Crippen molar-refractivity contribution in [2.24, 2.45) is 5.10 Å². The van der Waals surface area contributed by atoms with Gasteiger partial charge in [-0.3, -0.25) is 9.89 Å². The molecule has 1 amide bonds. The van der Waals surface area contributed by atoms with Gasteiger partial charge in [-0.1, -0.05) is 17.8 Å². The van der Waals surface area contributed by atoms with Crippen LogP contribution in [0.15, 0.2) is 50.6 Å². The molecule has 4 heterocycles. The number of aromatic amines is 1. The summed E-state index contributed by atoms with van der Waals surface area (Å²) in [6.07, 6.45) is 2.07. The molecule has 0 radical (unpaired) electrons. The summed E-state index contributed by atoms with van der Waals surface area (Å²) < 4.78 is 5.69. The van der Waals surface area contributed by atoms with Crippen LogP contribution in [-0.4, -0.2) is 37.6 Å². The number of furan rings is 1. The van der Waals surface area contributed by atoms with Crippen molar-refractivity contribution in [1.82, 2.24) is 20.2 Å². The van der Waals surface area contributed by atoms with Gasteiger partial charge in [-0.05, 0) is 30.5 Å². The van der Waals surface area contributed by atoms with Crippen molar-refractivity contribution in [2.75, 3.05) is 5.75 Å². The van der Waals surface area contributed by atoms with E-state index in [1.165, 1.54) is 18.1 Å². The minimum atomic E-state index is -0.0942. The van der Waals surface area contributed by atoms with Crippen molar-refractivity contribution < 1.29 is 9.21 Å². The first-order valence-electron chi connectivity index (χ1n) is 7.68. The Balaban J connectivity index is 1.56. The van der Waals surface area contributed by atoms with E-state index in [1.54, 1.807) is 16.3 Å². The van der Waals surface area contributed by atoms with Gasteiger partial charge in [0.05, 0.1) is 11.8 Å². The summed E-state index contributed by atoms with van der Waals surface area (Å²) in [4.78, 5) is 17.9. The number of hydrogen-bond donors (Lipinski definition) is 1. The maximum absolute atomic E-state index is 12.7. The maximum Gasteiger partial charge on any atom is 0.253 e. The van der Waals surface area contributed by atoms with Gasteiger partial charge < -0.3 is 4.42 Å². The van der Waals surface area contributed by atoms with E-state index in [4.69, 9.17) is 4.42 Å². The van der Waals surface area contributed by atoms with Crippen molar-refractivity contribution in [1.29, 1.82) is 0 Å². The van der Waals surface area contributed by atoms with Crippen molar-refractivity contribution in [3.8, 4) is 0 Å². The standard InChI is InChI=1S/C16H15N5O2S2/c1-10-4-5-13(23-10)11-7-12(14-3-2-6-24-14)21(20-11)15(22)8-25-16-17-9-18-19-16/h2-6,9,12H,7-8H2,1H3,(H,17,18,19)/t12-/m1/s1. The van der Waals surface area contributed by atoms with E-state index in [9.17, 15) is 4.79 Å². The average molecular weight is 373 g/mol. The largest absolute Gasteiger partial charge is 0.460 e. The highest BCUT2D eigenvalue weighted by molar-refractivity contribution is 7.99. The molecule has 9 heteroatoms. The molecular formula is C16H15N5O2S2. The zero-order chi connectivity index (χ0) is 17.2. The van der Waals surface area contributed by atoms with Gasteiger partial charge in [0.1, 0.15) is 23.6 Å². The van der Waals surface area contributed by atoms with Gasteiger partial charge in [0.15, 0.2) is 5.16 Å². The smallest absolute Gasteiger partial charge is 0.253 e. The number of nitrogens with zero attached hydrogens (tertiary/aromatic N) is 4. The van der Waals surface area contributed by atoms with Crippen LogP contribution in [-0.2, 0) is 4.79 Å². The van der Waals surface area contributed by atoms with E-state index in [0.717, 1.165) is 22.1 Å². The van der Waals surface area contributed by atoms with Crippen LogP contribution >= 0.6 is 23.1 Å². The van der Waals surface area contributed by atoms with Crippen molar-refractivity contribution in [3.05, 3.63) is 52.4 Å². The first kappa shape index (κ1) is 16.1. The van der Waals surface area contributed by atoms with Crippen molar-refractivity contribution in [2.45, 2.75) is 24.5 Å². The molecular weight excluding hydrogens is 358 g/mol. The number of hydrazone groups is 1. The molecule has 1 aliphatic rings. The Morgan fingerprint density at radius 3 is 3.08 bits per heavy atom. The molecule has 1 N–H and O–H groups in total. The number of nitrogens with one attached hydrogen (secondary N) is 1. The Labute approximate surface area is 152 Å². The number of aryl methyl sites for hydroxylation is 1. The topological polar surface area (TPSA) is 87.4 Å². The van der Waals surface area contributed by atoms with Gasteiger partial charge in [0, 0.05) is 11.3 Å². The second kappa shape index (κ2) is 6.85. The zero-order valence-electron chi connectivity index (χ0n) is 13.4. The van der Waals surface area contributed by atoms with E-state index in [0.29, 0.717) is 11.6 Å². The summed E-state index contributed by atoms with van der Waals surface area (Å²) in [7, 11) is 0. The molecule has 3 aromatic heterocycles. The number of amides is 1. The first-order chi connectivity index (χ1) is 12.2. The molecule has 0 fully saturated rings. The number of rotatable bonds is 5. The summed E-state index contributed by atoms with van der Waals surface area (Å²) in [5.74, 6) is 1.72. The van der Waals surface area contributed by atoms with Crippen LogP contribution in [0.5, 0.6) is 0 Å². The third-order valence-corrected chi connectivity index (χ3v) is 5.62. The minimum absolute atomic E-state index is 0.0712. The average Bonchev–Trinajstić information content (AvgIpc) is 3.38. The number of carbonyl (C=O) groups is 1. The molecule has 0 aromatic carbocycles. The van der Waals surface area contributed by atoms with Crippen LogP contribution in [0.1, 0.15) is 28.9 Å². The molecule has 3 aromatic rings. The molecule has 1 aliphatic heterocycles. The normalized spacial score (nSPS) is 17.1. The van der Waals surface area contributed by atoms with Crippen molar-refractivity contribution in [3.63, 3.8) is 0 Å². The monoisotopic (exact) mass is 373 g/mol. The van der Waals surface area contributed by atoms with Crippen LogP contribution < -0.4 is 0 Å². The van der Waals surface area contributed by atoms with Crippen LogP contribution in [0.2, 0.25) is 0 Å². The lowest BCUT2D eigenvalue weighted by Gasteiger charge is -2.20. The Kier molecular flexibility index (Phi) is 4.41. The molecule has 25 heavy (non-hydrogen) atoms. The van der Waals surface area contributed by atoms with E-state index < -0.39 is 0 Å². The Bertz CT molecular complexity index is 886. The molecule has 0 saturated carbocycles. The zero-order valence-corrected chi connectivity index (χ0v) is 15.0. The molecule has 7 nitrogen and oxygen atoms in total. The molecule has 128 valence electrons. The number of carbonyl (C=O) groups excluding carboxylic acids is 1. The Hall–Kier alpha value is -2.39. The predicted molar refractivity (Wildman–Crippen MR) is 95.6 cm³/mol. The lowest BCUT2D eigenvalue weighted by molar-refractivity contribution is -0.130. The molecule has 0 spiro atoms. The number of aromatic nitrogens is 3. The molecule has 0 saturated heterocycles. The van der Waals surface area contributed by atoms with Crippen LogP contribution in [0.25, 0.3) is 0 Å². The second-order valence-corrected chi connectivity index (χ2v) is 7.45. The molecule has 0 aliphatic carbocycles. The fourth-order valence-corrected chi connectivity index (χ4v) is 4.08. The third kappa shape index (κ3) is 3.38. The summed E-state index contributed by atoms with van der Waals surface area (Å²) in [5, 5.41) is 15.3. The predicted octanol–water partition coefficient (Wildman–Crippen LogP) is 3.24. The number of thioether (sulfide) groups is 1. The minimum Gasteiger partial charge on any atom is -0.460 e. The molecule has 4 rings (SSSR count). The van der Waals surface area contributed by atoms with Crippen molar-refractivity contribution >= 4 is 34.7 Å². The number of H-pyrrole nitrogens is 1. The van der Waals surface area contributed by atoms with E-state index in [-0.39, 0.29) is 17.7 Å². The summed E-state index contributed by atoms with van der Waals surface area (Å²) >= 11 is 2.94.